The second kappa shape index (κ2) is 7.14. The van der Waals surface area contributed by atoms with Gasteiger partial charge in [-0.15, -0.1) is 0 Å². The van der Waals surface area contributed by atoms with Crippen LogP contribution in [0, 0.1) is 0 Å². The molecule has 7 nitrogen and oxygen atoms in total. The van der Waals surface area contributed by atoms with Crippen molar-refractivity contribution in [2.24, 2.45) is 0 Å². The number of amides is 1. The van der Waals surface area contributed by atoms with Gasteiger partial charge in [0.15, 0.2) is 0 Å². The fourth-order valence-corrected chi connectivity index (χ4v) is 2.54. The molecule has 0 fully saturated rings. The standard InChI is InChI=1S/C16H16N2O5S/c1-23-16(20)13-5-3-4-6-14(13)17-15(19)11-7-9-12(10-8-11)18-24(2,21)22/h3-10,18H,1-2H3,(H,17,19). The summed E-state index contributed by atoms with van der Waals surface area (Å²) in [6, 6.07) is 12.4. The molecule has 8 heteroatoms. The highest BCUT2D eigenvalue weighted by Gasteiger charge is 2.14. The van der Waals surface area contributed by atoms with Crippen LogP contribution in [0.4, 0.5) is 11.4 Å². The number of ether oxygens (including phenoxy) is 1. The molecule has 2 aromatic rings. The lowest BCUT2D eigenvalue weighted by Gasteiger charge is -2.10. The maximum Gasteiger partial charge on any atom is 0.339 e. The first-order chi connectivity index (χ1) is 11.3. The molecule has 0 aromatic heterocycles. The number of esters is 1. The summed E-state index contributed by atoms with van der Waals surface area (Å²) < 4.78 is 29.3. The summed E-state index contributed by atoms with van der Waals surface area (Å²) in [5.74, 6) is -0.990. The first kappa shape index (κ1) is 17.5. The number of anilines is 2. The summed E-state index contributed by atoms with van der Waals surface area (Å²) in [5.41, 5.74) is 1.23. The van der Waals surface area contributed by atoms with Gasteiger partial charge in [-0.25, -0.2) is 13.2 Å². The van der Waals surface area contributed by atoms with Crippen LogP contribution >= 0.6 is 0 Å². The summed E-state index contributed by atoms with van der Waals surface area (Å²) in [5, 5.41) is 2.63. The van der Waals surface area contributed by atoms with Crippen LogP contribution in [-0.4, -0.2) is 33.7 Å². The lowest BCUT2D eigenvalue weighted by Crippen LogP contribution is -2.15. The van der Waals surface area contributed by atoms with E-state index in [0.29, 0.717) is 16.9 Å². The zero-order valence-electron chi connectivity index (χ0n) is 13.1. The molecule has 24 heavy (non-hydrogen) atoms. The average molecular weight is 348 g/mol. The third kappa shape index (κ3) is 4.56. The third-order valence-corrected chi connectivity index (χ3v) is 3.64. The normalized spacial score (nSPS) is 10.8. The fourth-order valence-electron chi connectivity index (χ4n) is 1.98. The molecule has 0 unspecified atom stereocenters. The van der Waals surface area contributed by atoms with Gasteiger partial charge in [0.2, 0.25) is 10.0 Å². The Kier molecular flexibility index (Phi) is 5.20. The van der Waals surface area contributed by atoms with Crippen molar-refractivity contribution in [2.75, 3.05) is 23.4 Å². The van der Waals surface area contributed by atoms with Crippen LogP contribution in [0.5, 0.6) is 0 Å². The lowest BCUT2D eigenvalue weighted by atomic mass is 10.1. The SMILES string of the molecule is COC(=O)c1ccccc1NC(=O)c1ccc(NS(C)(=O)=O)cc1. The van der Waals surface area contributed by atoms with Crippen molar-refractivity contribution in [3.05, 3.63) is 59.7 Å². The van der Waals surface area contributed by atoms with Crippen LogP contribution < -0.4 is 10.0 Å². The van der Waals surface area contributed by atoms with E-state index >= 15 is 0 Å². The smallest absolute Gasteiger partial charge is 0.339 e. The van der Waals surface area contributed by atoms with E-state index < -0.39 is 21.9 Å². The summed E-state index contributed by atoms with van der Waals surface area (Å²) in [6.07, 6.45) is 1.04. The van der Waals surface area contributed by atoms with Gasteiger partial charge in [0.05, 0.1) is 24.6 Å². The van der Waals surface area contributed by atoms with Gasteiger partial charge in [0.1, 0.15) is 0 Å². The Balaban J connectivity index is 2.18. The molecule has 0 aliphatic rings. The first-order valence-electron chi connectivity index (χ1n) is 6.87. The van der Waals surface area contributed by atoms with Crippen LogP contribution in [0.3, 0.4) is 0 Å². The second-order valence-corrected chi connectivity index (χ2v) is 6.69. The van der Waals surface area contributed by atoms with Crippen LogP contribution in [0.25, 0.3) is 0 Å². The van der Waals surface area contributed by atoms with E-state index in [1.165, 1.54) is 31.4 Å². The predicted octanol–water partition coefficient (Wildman–Crippen LogP) is 2.10. The molecular formula is C16H16N2O5S. The van der Waals surface area contributed by atoms with Crippen molar-refractivity contribution in [1.82, 2.24) is 0 Å². The zero-order valence-corrected chi connectivity index (χ0v) is 13.9. The van der Waals surface area contributed by atoms with Gasteiger partial charge in [-0.05, 0) is 36.4 Å². The van der Waals surface area contributed by atoms with E-state index in [9.17, 15) is 18.0 Å². The van der Waals surface area contributed by atoms with E-state index in [1.54, 1.807) is 24.3 Å². The molecule has 126 valence electrons. The maximum atomic E-state index is 12.3. The zero-order chi connectivity index (χ0) is 17.7. The number of rotatable bonds is 5. The molecule has 0 bridgehead atoms. The van der Waals surface area contributed by atoms with Crippen molar-refractivity contribution in [2.45, 2.75) is 0 Å². The van der Waals surface area contributed by atoms with Crippen molar-refractivity contribution in [1.29, 1.82) is 0 Å². The Labute approximate surface area is 139 Å². The lowest BCUT2D eigenvalue weighted by molar-refractivity contribution is 0.0602. The fraction of sp³-hybridized carbons (Fsp3) is 0.125. The molecule has 0 saturated heterocycles. The molecule has 2 rings (SSSR count). The van der Waals surface area contributed by atoms with E-state index in [4.69, 9.17) is 0 Å². The predicted molar refractivity (Wildman–Crippen MR) is 90.6 cm³/mol. The molecular weight excluding hydrogens is 332 g/mol. The van der Waals surface area contributed by atoms with Crippen molar-refractivity contribution in [3.8, 4) is 0 Å². The van der Waals surface area contributed by atoms with E-state index in [-0.39, 0.29) is 5.56 Å². The minimum Gasteiger partial charge on any atom is -0.465 e. The van der Waals surface area contributed by atoms with E-state index in [0.717, 1.165) is 6.26 Å². The quantitative estimate of drug-likeness (QED) is 0.806. The summed E-state index contributed by atoms with van der Waals surface area (Å²) in [4.78, 5) is 24.0. The minimum absolute atomic E-state index is 0.240. The van der Waals surface area contributed by atoms with Crippen molar-refractivity contribution in [3.63, 3.8) is 0 Å². The Morgan fingerprint density at radius 3 is 2.21 bits per heavy atom. The second-order valence-electron chi connectivity index (χ2n) is 4.94. The molecule has 0 aliphatic heterocycles. The molecule has 2 N–H and O–H groups in total. The van der Waals surface area contributed by atoms with Crippen LogP contribution in [0.2, 0.25) is 0 Å². The Morgan fingerprint density at radius 2 is 1.62 bits per heavy atom. The number of sulfonamides is 1. The highest BCUT2D eigenvalue weighted by molar-refractivity contribution is 7.92. The van der Waals surface area contributed by atoms with Gasteiger partial charge in [-0.2, -0.15) is 0 Å². The summed E-state index contributed by atoms with van der Waals surface area (Å²) >= 11 is 0. The Morgan fingerprint density at radius 1 is 1.00 bits per heavy atom. The monoisotopic (exact) mass is 348 g/mol. The van der Waals surface area contributed by atoms with Gasteiger partial charge < -0.3 is 10.1 Å². The summed E-state index contributed by atoms with van der Waals surface area (Å²) in [7, 11) is -2.12. The molecule has 2 aromatic carbocycles. The van der Waals surface area contributed by atoms with Gasteiger partial charge in [-0.3, -0.25) is 9.52 Å². The number of carbonyl (C=O) groups excluding carboxylic acids is 2. The minimum atomic E-state index is -3.38. The highest BCUT2D eigenvalue weighted by Crippen LogP contribution is 2.18. The largest absolute Gasteiger partial charge is 0.465 e. The molecule has 0 saturated carbocycles. The van der Waals surface area contributed by atoms with Crippen molar-refractivity contribution >= 4 is 33.3 Å². The van der Waals surface area contributed by atoms with Gasteiger partial charge in [0.25, 0.3) is 5.91 Å². The molecule has 0 aliphatic carbocycles. The number of nitrogens with one attached hydrogen (secondary N) is 2. The Hall–Kier alpha value is -2.87. The van der Waals surface area contributed by atoms with E-state index in [1.807, 2.05) is 0 Å². The molecule has 0 atom stereocenters. The number of para-hydroxylation sites is 1. The molecule has 1 amide bonds. The number of hydrogen-bond donors (Lipinski definition) is 2. The first-order valence-corrected chi connectivity index (χ1v) is 8.76. The van der Waals surface area contributed by atoms with Gasteiger partial charge in [-0.1, -0.05) is 12.1 Å². The van der Waals surface area contributed by atoms with Crippen LogP contribution in [0.15, 0.2) is 48.5 Å². The molecule has 0 radical (unpaired) electrons. The van der Waals surface area contributed by atoms with Crippen LogP contribution in [-0.2, 0) is 14.8 Å². The highest BCUT2D eigenvalue weighted by atomic mass is 32.2. The number of carbonyl (C=O) groups is 2. The van der Waals surface area contributed by atoms with Gasteiger partial charge in [0, 0.05) is 11.3 Å². The number of methoxy groups -OCH3 is 1. The number of hydrogen-bond acceptors (Lipinski definition) is 5. The molecule has 0 heterocycles. The average Bonchev–Trinajstić information content (AvgIpc) is 2.53. The van der Waals surface area contributed by atoms with E-state index in [2.05, 4.69) is 14.8 Å². The number of benzene rings is 2. The molecule has 0 spiro atoms. The van der Waals surface area contributed by atoms with Gasteiger partial charge >= 0.3 is 5.97 Å². The summed E-state index contributed by atoms with van der Waals surface area (Å²) in [6.45, 7) is 0. The van der Waals surface area contributed by atoms with Crippen molar-refractivity contribution < 1.29 is 22.7 Å². The topological polar surface area (TPSA) is 102 Å². The van der Waals surface area contributed by atoms with Crippen LogP contribution in [0.1, 0.15) is 20.7 Å². The maximum absolute atomic E-state index is 12.3. The Bertz CT molecular complexity index is 860. The third-order valence-electron chi connectivity index (χ3n) is 3.03.